The van der Waals surface area contributed by atoms with Crippen molar-refractivity contribution in [3.63, 3.8) is 0 Å². The Bertz CT molecular complexity index is 363. The molecule has 4 heteroatoms. The molecule has 1 aromatic carbocycles. The molecule has 0 spiro atoms. The summed E-state index contributed by atoms with van der Waals surface area (Å²) in [6, 6.07) is 6.23. The molecule has 1 unspecified atom stereocenters. The topological polar surface area (TPSA) is 32.3 Å². The monoisotopic (exact) mass is 208 g/mol. The predicted molar refractivity (Wildman–Crippen MR) is 54.3 cm³/mol. The Morgan fingerprint density at radius 2 is 2.13 bits per heavy atom. The van der Waals surface area contributed by atoms with E-state index in [9.17, 15) is 9.18 Å². The van der Waals surface area contributed by atoms with Crippen LogP contribution >= 0.6 is 0 Å². The molecule has 1 saturated heterocycles. The summed E-state index contributed by atoms with van der Waals surface area (Å²) in [5.41, 5.74) is 4.03. The zero-order valence-electron chi connectivity index (χ0n) is 8.53. The van der Waals surface area contributed by atoms with Gasteiger partial charge in [-0.3, -0.25) is 9.80 Å². The van der Waals surface area contributed by atoms with E-state index in [1.807, 2.05) is 6.92 Å². The second-order valence-electron chi connectivity index (χ2n) is 3.58. The minimum Gasteiger partial charge on any atom is -0.278 e. The molecule has 0 saturated carbocycles. The third kappa shape index (κ3) is 1.99. The van der Waals surface area contributed by atoms with Gasteiger partial charge in [0.15, 0.2) is 0 Å². The highest BCUT2D eigenvalue weighted by Gasteiger charge is 2.28. The van der Waals surface area contributed by atoms with E-state index in [4.69, 9.17) is 0 Å². The van der Waals surface area contributed by atoms with Gasteiger partial charge in [0.1, 0.15) is 5.82 Å². The molecule has 1 N–H and O–H groups in total. The van der Waals surface area contributed by atoms with Crippen molar-refractivity contribution in [3.8, 4) is 0 Å². The van der Waals surface area contributed by atoms with E-state index in [0.717, 1.165) is 5.56 Å². The van der Waals surface area contributed by atoms with Crippen molar-refractivity contribution in [2.45, 2.75) is 19.4 Å². The molecule has 1 aromatic rings. The fourth-order valence-corrected chi connectivity index (χ4v) is 1.75. The van der Waals surface area contributed by atoms with Crippen LogP contribution in [0.1, 0.15) is 24.9 Å². The Morgan fingerprint density at radius 1 is 1.47 bits per heavy atom. The Kier molecular flexibility index (Phi) is 2.68. The molecule has 1 atom stereocenters. The van der Waals surface area contributed by atoms with Gasteiger partial charge in [0, 0.05) is 13.0 Å². The minimum atomic E-state index is -0.254. The smallest absolute Gasteiger partial charge is 0.238 e. The van der Waals surface area contributed by atoms with Crippen LogP contribution < -0.4 is 5.43 Å². The highest BCUT2D eigenvalue weighted by atomic mass is 19.1. The number of carbonyl (C=O) groups excluding carboxylic acids is 1. The van der Waals surface area contributed by atoms with E-state index in [1.165, 1.54) is 12.1 Å². The molecule has 80 valence electrons. The van der Waals surface area contributed by atoms with Crippen molar-refractivity contribution >= 4 is 5.91 Å². The number of nitrogens with one attached hydrogen (secondary N) is 1. The minimum absolute atomic E-state index is 0.0157. The zero-order chi connectivity index (χ0) is 10.8. The summed E-state index contributed by atoms with van der Waals surface area (Å²) in [5.74, 6) is -0.165. The molecular formula is C11H13FN2O. The molecule has 0 bridgehead atoms. The summed E-state index contributed by atoms with van der Waals surface area (Å²) in [4.78, 5) is 11.4. The van der Waals surface area contributed by atoms with Crippen molar-refractivity contribution in [1.82, 2.24) is 10.4 Å². The van der Waals surface area contributed by atoms with Crippen LogP contribution in [0.3, 0.4) is 0 Å². The van der Waals surface area contributed by atoms with E-state index in [2.05, 4.69) is 5.43 Å². The van der Waals surface area contributed by atoms with E-state index < -0.39 is 0 Å². The zero-order valence-corrected chi connectivity index (χ0v) is 8.53. The van der Waals surface area contributed by atoms with Gasteiger partial charge < -0.3 is 0 Å². The summed E-state index contributed by atoms with van der Waals surface area (Å²) in [5, 5.41) is 1.59. The average Bonchev–Trinajstić information content (AvgIpc) is 2.61. The van der Waals surface area contributed by atoms with Crippen molar-refractivity contribution in [3.05, 3.63) is 35.6 Å². The standard InChI is InChI=1S/C11H13FN2O/c1-2-14-11(15)7-10(13-14)8-3-5-9(12)6-4-8/h3-6,10,13H,2,7H2,1H3. The maximum atomic E-state index is 12.7. The lowest BCUT2D eigenvalue weighted by Gasteiger charge is -2.15. The van der Waals surface area contributed by atoms with Crippen molar-refractivity contribution in [2.24, 2.45) is 0 Å². The summed E-state index contributed by atoms with van der Waals surface area (Å²) in [6.07, 6.45) is 0.444. The highest BCUT2D eigenvalue weighted by molar-refractivity contribution is 5.78. The van der Waals surface area contributed by atoms with E-state index in [0.29, 0.717) is 13.0 Å². The van der Waals surface area contributed by atoms with E-state index in [-0.39, 0.29) is 17.8 Å². The van der Waals surface area contributed by atoms with Crippen molar-refractivity contribution < 1.29 is 9.18 Å². The predicted octanol–water partition coefficient (Wildman–Crippen LogP) is 1.62. The number of rotatable bonds is 2. The Morgan fingerprint density at radius 3 is 2.67 bits per heavy atom. The van der Waals surface area contributed by atoms with Crippen LogP contribution in [0.2, 0.25) is 0 Å². The third-order valence-electron chi connectivity index (χ3n) is 2.58. The molecule has 1 heterocycles. The molecule has 0 aromatic heterocycles. The molecule has 2 rings (SSSR count). The second kappa shape index (κ2) is 3.98. The third-order valence-corrected chi connectivity index (χ3v) is 2.58. The maximum Gasteiger partial charge on any atom is 0.238 e. The van der Waals surface area contributed by atoms with Crippen LogP contribution in [0.5, 0.6) is 0 Å². The van der Waals surface area contributed by atoms with Crippen molar-refractivity contribution in [2.75, 3.05) is 6.54 Å². The first-order valence-electron chi connectivity index (χ1n) is 5.02. The molecular weight excluding hydrogens is 195 g/mol. The number of benzene rings is 1. The molecule has 1 amide bonds. The van der Waals surface area contributed by atoms with Gasteiger partial charge in [0.25, 0.3) is 0 Å². The number of halogens is 1. The SMILES string of the molecule is CCN1NC(c2ccc(F)cc2)CC1=O. The van der Waals surface area contributed by atoms with Gasteiger partial charge >= 0.3 is 0 Å². The molecule has 3 nitrogen and oxygen atoms in total. The molecule has 1 aliphatic heterocycles. The largest absolute Gasteiger partial charge is 0.278 e. The van der Waals surface area contributed by atoms with Crippen LogP contribution in [0, 0.1) is 5.82 Å². The fraction of sp³-hybridized carbons (Fsp3) is 0.364. The first-order valence-corrected chi connectivity index (χ1v) is 5.02. The normalized spacial score (nSPS) is 21.1. The van der Waals surface area contributed by atoms with Gasteiger partial charge in [-0.25, -0.2) is 9.82 Å². The second-order valence-corrected chi connectivity index (χ2v) is 3.58. The van der Waals surface area contributed by atoms with Crippen LogP contribution in [-0.4, -0.2) is 17.5 Å². The number of amides is 1. The van der Waals surface area contributed by atoms with Crippen LogP contribution in [0.25, 0.3) is 0 Å². The van der Waals surface area contributed by atoms with Crippen LogP contribution in [0.15, 0.2) is 24.3 Å². The van der Waals surface area contributed by atoms with Gasteiger partial charge in [-0.2, -0.15) is 0 Å². The van der Waals surface area contributed by atoms with Gasteiger partial charge in [-0.1, -0.05) is 12.1 Å². The Labute approximate surface area is 87.9 Å². The fourth-order valence-electron chi connectivity index (χ4n) is 1.75. The molecule has 0 aliphatic carbocycles. The summed E-state index contributed by atoms with van der Waals surface area (Å²) in [7, 11) is 0. The number of hydrogen-bond acceptors (Lipinski definition) is 2. The summed E-state index contributed by atoms with van der Waals surface area (Å²) < 4.78 is 12.7. The van der Waals surface area contributed by atoms with Crippen molar-refractivity contribution in [1.29, 1.82) is 0 Å². The lowest BCUT2D eigenvalue weighted by Crippen LogP contribution is -2.34. The summed E-state index contributed by atoms with van der Waals surface area (Å²) >= 11 is 0. The molecule has 15 heavy (non-hydrogen) atoms. The van der Waals surface area contributed by atoms with E-state index >= 15 is 0 Å². The highest BCUT2D eigenvalue weighted by Crippen LogP contribution is 2.23. The molecule has 0 radical (unpaired) electrons. The Balaban J connectivity index is 2.13. The number of hydrogen-bond donors (Lipinski definition) is 1. The lowest BCUT2D eigenvalue weighted by molar-refractivity contribution is -0.129. The molecule has 1 aliphatic rings. The number of carbonyl (C=O) groups is 1. The van der Waals surface area contributed by atoms with Gasteiger partial charge in [-0.15, -0.1) is 0 Å². The first kappa shape index (κ1) is 10.1. The average molecular weight is 208 g/mol. The van der Waals surface area contributed by atoms with Gasteiger partial charge in [0.05, 0.1) is 6.04 Å². The summed E-state index contributed by atoms with van der Waals surface area (Å²) in [6.45, 7) is 2.56. The Hall–Kier alpha value is -1.42. The number of hydrazine groups is 1. The molecule has 1 fully saturated rings. The van der Waals surface area contributed by atoms with Crippen LogP contribution in [0.4, 0.5) is 4.39 Å². The van der Waals surface area contributed by atoms with Crippen LogP contribution in [-0.2, 0) is 4.79 Å². The lowest BCUT2D eigenvalue weighted by atomic mass is 10.1. The van der Waals surface area contributed by atoms with Gasteiger partial charge in [-0.05, 0) is 24.6 Å². The first-order chi connectivity index (χ1) is 7.20. The maximum absolute atomic E-state index is 12.7. The van der Waals surface area contributed by atoms with Gasteiger partial charge in [0.2, 0.25) is 5.91 Å². The quantitative estimate of drug-likeness (QED) is 0.801. The van der Waals surface area contributed by atoms with E-state index in [1.54, 1.807) is 17.1 Å². The number of nitrogens with zero attached hydrogens (tertiary/aromatic N) is 1.